The van der Waals surface area contributed by atoms with Crippen molar-refractivity contribution in [2.24, 2.45) is 5.92 Å². The Morgan fingerprint density at radius 2 is 1.44 bits per heavy atom. The molecule has 4 aromatic carbocycles. The standard InChI is InChI=1S/C32H29NO3/c1-23-9-8-12-25(21-23)22-29(32(35)36)30(20-15-24-10-4-2-5-11-24)33-31(34)28-18-16-27(17-19-28)26-13-6-3-7-14-26/h2-21,29-30H,22H2,1H3,(H,33,34)(H,35,36)/b20-15+/t29-,30?/m1/s1. The summed E-state index contributed by atoms with van der Waals surface area (Å²) in [7, 11) is 0. The third kappa shape index (κ3) is 6.57. The molecule has 4 rings (SSSR count). The van der Waals surface area contributed by atoms with E-state index >= 15 is 0 Å². The van der Waals surface area contributed by atoms with Crippen LogP contribution in [-0.4, -0.2) is 23.0 Å². The van der Waals surface area contributed by atoms with Crippen molar-refractivity contribution >= 4 is 18.0 Å². The van der Waals surface area contributed by atoms with Crippen LogP contribution in [0.1, 0.15) is 27.0 Å². The maximum Gasteiger partial charge on any atom is 0.309 e. The highest BCUT2D eigenvalue weighted by atomic mass is 16.4. The van der Waals surface area contributed by atoms with Gasteiger partial charge in [0, 0.05) is 5.56 Å². The topological polar surface area (TPSA) is 66.4 Å². The molecular formula is C32H29NO3. The van der Waals surface area contributed by atoms with Crippen LogP contribution in [-0.2, 0) is 11.2 Å². The van der Waals surface area contributed by atoms with Crippen LogP contribution in [0.15, 0.2) is 115 Å². The lowest BCUT2D eigenvalue weighted by Gasteiger charge is -2.23. The Labute approximate surface area is 211 Å². The van der Waals surface area contributed by atoms with E-state index in [1.165, 1.54) is 0 Å². The normalized spacial score (nSPS) is 12.7. The second-order valence-corrected chi connectivity index (χ2v) is 8.85. The van der Waals surface area contributed by atoms with Crippen LogP contribution in [0.3, 0.4) is 0 Å². The molecule has 0 saturated carbocycles. The molecule has 2 atom stereocenters. The summed E-state index contributed by atoms with van der Waals surface area (Å²) < 4.78 is 0. The summed E-state index contributed by atoms with van der Waals surface area (Å²) in [6.07, 6.45) is 3.93. The monoisotopic (exact) mass is 475 g/mol. The van der Waals surface area contributed by atoms with Crippen LogP contribution < -0.4 is 5.32 Å². The number of hydrogen-bond acceptors (Lipinski definition) is 2. The predicted octanol–water partition coefficient (Wildman–Crippen LogP) is 6.42. The summed E-state index contributed by atoms with van der Waals surface area (Å²) in [6, 6.07) is 34.0. The zero-order chi connectivity index (χ0) is 25.3. The number of nitrogens with one attached hydrogen (secondary N) is 1. The van der Waals surface area contributed by atoms with Crippen LogP contribution in [0.5, 0.6) is 0 Å². The van der Waals surface area contributed by atoms with Gasteiger partial charge in [-0.15, -0.1) is 0 Å². The number of carboxylic acids is 1. The molecule has 0 radical (unpaired) electrons. The summed E-state index contributed by atoms with van der Waals surface area (Å²) >= 11 is 0. The van der Waals surface area contributed by atoms with E-state index in [2.05, 4.69) is 5.32 Å². The SMILES string of the molecule is Cc1cccc(C[C@@H](C(=O)O)C(/C=C/c2ccccc2)NC(=O)c2ccc(-c3ccccc3)cc2)c1. The van der Waals surface area contributed by atoms with E-state index in [0.717, 1.165) is 27.8 Å². The molecule has 36 heavy (non-hydrogen) atoms. The van der Waals surface area contributed by atoms with Gasteiger partial charge in [0.2, 0.25) is 0 Å². The first-order valence-corrected chi connectivity index (χ1v) is 12.0. The van der Waals surface area contributed by atoms with Crippen LogP contribution >= 0.6 is 0 Å². The number of carboxylic acid groups (broad SMARTS) is 1. The molecule has 4 nitrogen and oxygen atoms in total. The second kappa shape index (κ2) is 11.8. The molecule has 4 heteroatoms. The average molecular weight is 476 g/mol. The predicted molar refractivity (Wildman–Crippen MR) is 145 cm³/mol. The Balaban J connectivity index is 1.59. The van der Waals surface area contributed by atoms with Crippen molar-refractivity contribution in [1.82, 2.24) is 5.32 Å². The Bertz CT molecular complexity index is 1330. The largest absolute Gasteiger partial charge is 0.481 e. The van der Waals surface area contributed by atoms with Crippen molar-refractivity contribution in [3.8, 4) is 11.1 Å². The van der Waals surface area contributed by atoms with Crippen LogP contribution in [0, 0.1) is 12.8 Å². The third-order valence-electron chi connectivity index (χ3n) is 6.14. The first kappa shape index (κ1) is 24.7. The van der Waals surface area contributed by atoms with Gasteiger partial charge in [-0.2, -0.15) is 0 Å². The smallest absolute Gasteiger partial charge is 0.309 e. The summed E-state index contributed by atoms with van der Waals surface area (Å²) in [4.78, 5) is 25.6. The minimum atomic E-state index is -0.959. The van der Waals surface area contributed by atoms with Gasteiger partial charge in [-0.05, 0) is 47.7 Å². The minimum Gasteiger partial charge on any atom is -0.481 e. The van der Waals surface area contributed by atoms with E-state index in [-0.39, 0.29) is 5.91 Å². The fourth-order valence-electron chi connectivity index (χ4n) is 4.20. The molecule has 0 aliphatic carbocycles. The van der Waals surface area contributed by atoms with Crippen LogP contribution in [0.4, 0.5) is 0 Å². The van der Waals surface area contributed by atoms with Gasteiger partial charge < -0.3 is 10.4 Å². The number of benzene rings is 4. The molecule has 0 heterocycles. The zero-order valence-corrected chi connectivity index (χ0v) is 20.2. The maximum atomic E-state index is 13.2. The number of carbonyl (C=O) groups is 2. The molecule has 0 saturated heterocycles. The number of aryl methyl sites for hydroxylation is 1. The molecule has 2 N–H and O–H groups in total. The Morgan fingerprint density at radius 1 is 0.806 bits per heavy atom. The van der Waals surface area contributed by atoms with E-state index in [1.807, 2.05) is 110 Å². The first-order valence-electron chi connectivity index (χ1n) is 12.0. The molecule has 0 aliphatic heterocycles. The fourth-order valence-corrected chi connectivity index (χ4v) is 4.20. The van der Waals surface area contributed by atoms with Gasteiger partial charge in [-0.1, -0.05) is 115 Å². The van der Waals surface area contributed by atoms with Crippen molar-refractivity contribution < 1.29 is 14.7 Å². The molecule has 4 aromatic rings. The number of rotatable bonds is 9. The van der Waals surface area contributed by atoms with Gasteiger partial charge in [0.05, 0.1) is 12.0 Å². The highest BCUT2D eigenvalue weighted by Crippen LogP contribution is 2.21. The molecule has 0 aliphatic rings. The van der Waals surface area contributed by atoms with Crippen LogP contribution in [0.25, 0.3) is 17.2 Å². The molecule has 0 bridgehead atoms. The van der Waals surface area contributed by atoms with E-state index in [4.69, 9.17) is 0 Å². The van der Waals surface area contributed by atoms with E-state index in [1.54, 1.807) is 18.2 Å². The van der Waals surface area contributed by atoms with Gasteiger partial charge in [-0.25, -0.2) is 0 Å². The number of amides is 1. The van der Waals surface area contributed by atoms with Gasteiger partial charge in [0.15, 0.2) is 0 Å². The minimum absolute atomic E-state index is 0.300. The van der Waals surface area contributed by atoms with Crippen molar-refractivity contribution in [2.45, 2.75) is 19.4 Å². The average Bonchev–Trinajstić information content (AvgIpc) is 2.91. The maximum absolute atomic E-state index is 13.2. The van der Waals surface area contributed by atoms with Gasteiger partial charge >= 0.3 is 5.97 Å². The molecule has 0 spiro atoms. The Morgan fingerprint density at radius 3 is 2.08 bits per heavy atom. The summed E-state index contributed by atoms with van der Waals surface area (Å²) in [6.45, 7) is 1.98. The van der Waals surface area contributed by atoms with Crippen molar-refractivity contribution in [3.63, 3.8) is 0 Å². The number of carbonyl (C=O) groups excluding carboxylic acids is 1. The van der Waals surface area contributed by atoms with Crippen molar-refractivity contribution in [1.29, 1.82) is 0 Å². The molecular weight excluding hydrogens is 446 g/mol. The molecule has 180 valence electrons. The van der Waals surface area contributed by atoms with Crippen LogP contribution in [0.2, 0.25) is 0 Å². The molecule has 1 amide bonds. The molecule has 0 fully saturated rings. The molecule has 0 aromatic heterocycles. The Kier molecular flexibility index (Phi) is 8.09. The van der Waals surface area contributed by atoms with Crippen molar-refractivity contribution in [3.05, 3.63) is 138 Å². The fraction of sp³-hybridized carbons (Fsp3) is 0.125. The number of aliphatic carboxylic acids is 1. The quantitative estimate of drug-likeness (QED) is 0.294. The van der Waals surface area contributed by atoms with Crippen molar-refractivity contribution in [2.75, 3.05) is 0 Å². The highest BCUT2D eigenvalue weighted by molar-refractivity contribution is 5.95. The van der Waals surface area contributed by atoms with Gasteiger partial charge in [-0.3, -0.25) is 9.59 Å². The van der Waals surface area contributed by atoms with Gasteiger partial charge in [0.1, 0.15) is 0 Å². The lowest BCUT2D eigenvalue weighted by Crippen LogP contribution is -2.43. The van der Waals surface area contributed by atoms with E-state index in [9.17, 15) is 14.7 Å². The van der Waals surface area contributed by atoms with E-state index < -0.39 is 17.9 Å². The lowest BCUT2D eigenvalue weighted by molar-refractivity contribution is -0.142. The summed E-state index contributed by atoms with van der Waals surface area (Å²) in [5.41, 5.74) is 5.47. The number of hydrogen-bond donors (Lipinski definition) is 2. The summed E-state index contributed by atoms with van der Waals surface area (Å²) in [5.74, 6) is -2.11. The van der Waals surface area contributed by atoms with E-state index in [0.29, 0.717) is 12.0 Å². The second-order valence-electron chi connectivity index (χ2n) is 8.85. The Hall–Kier alpha value is -4.44. The zero-order valence-electron chi connectivity index (χ0n) is 20.2. The third-order valence-corrected chi connectivity index (χ3v) is 6.14. The highest BCUT2D eigenvalue weighted by Gasteiger charge is 2.28. The lowest BCUT2D eigenvalue weighted by atomic mass is 9.90. The van der Waals surface area contributed by atoms with Gasteiger partial charge in [0.25, 0.3) is 5.91 Å². The first-order chi connectivity index (χ1) is 17.5. The summed E-state index contributed by atoms with van der Waals surface area (Å²) in [5, 5.41) is 13.1. The molecule has 1 unspecified atom stereocenters.